The summed E-state index contributed by atoms with van der Waals surface area (Å²) in [7, 11) is 0. The number of hydrogen-bond acceptors (Lipinski definition) is 3. The molecule has 0 unspecified atom stereocenters. The molecule has 0 aliphatic heterocycles. The van der Waals surface area contributed by atoms with Gasteiger partial charge >= 0.3 is 5.97 Å². The van der Waals surface area contributed by atoms with Crippen LogP contribution in [0, 0.1) is 0 Å². The van der Waals surface area contributed by atoms with Gasteiger partial charge in [-0.2, -0.15) is 0 Å². The van der Waals surface area contributed by atoms with Crippen molar-refractivity contribution in [2.75, 3.05) is 13.2 Å². The molecule has 1 aromatic carbocycles. The zero-order valence-corrected chi connectivity index (χ0v) is 13.3. The molecule has 0 radical (unpaired) electrons. The van der Waals surface area contributed by atoms with Crippen LogP contribution in [-0.4, -0.2) is 30.1 Å². The fourth-order valence-electron chi connectivity index (χ4n) is 1.90. The second-order valence-electron chi connectivity index (χ2n) is 5.52. The predicted molar refractivity (Wildman–Crippen MR) is 85.1 cm³/mol. The smallest absolute Gasteiger partial charge is 0.303 e. The number of amides is 1. The molecule has 0 bridgehead atoms. The van der Waals surface area contributed by atoms with Crippen LogP contribution < -0.4 is 10.1 Å². The first-order chi connectivity index (χ1) is 10.5. The van der Waals surface area contributed by atoms with Crippen LogP contribution in [0.1, 0.15) is 51.0 Å². The van der Waals surface area contributed by atoms with Crippen LogP contribution in [-0.2, 0) is 9.59 Å². The Morgan fingerprint density at radius 1 is 1.14 bits per heavy atom. The fraction of sp³-hybridized carbons (Fsp3) is 0.529. The summed E-state index contributed by atoms with van der Waals surface area (Å²) in [6, 6.07) is 8.09. The third-order valence-corrected chi connectivity index (χ3v) is 3.27. The number of unbranched alkanes of at least 4 members (excludes halogenated alkanes) is 1. The highest BCUT2D eigenvalue weighted by Crippen LogP contribution is 2.18. The molecule has 0 aliphatic rings. The van der Waals surface area contributed by atoms with Gasteiger partial charge in [0.05, 0.1) is 13.0 Å². The van der Waals surface area contributed by atoms with Crippen molar-refractivity contribution in [3.63, 3.8) is 0 Å². The van der Waals surface area contributed by atoms with Gasteiger partial charge in [-0.05, 0) is 36.5 Å². The Kier molecular flexibility index (Phi) is 8.04. The second kappa shape index (κ2) is 9.82. The van der Waals surface area contributed by atoms with Gasteiger partial charge in [0.2, 0.25) is 5.91 Å². The first kappa shape index (κ1) is 18.0. The zero-order valence-electron chi connectivity index (χ0n) is 13.3. The van der Waals surface area contributed by atoms with Crippen LogP contribution in [0.3, 0.4) is 0 Å². The molecule has 5 heteroatoms. The van der Waals surface area contributed by atoms with Gasteiger partial charge in [-0.25, -0.2) is 0 Å². The molecule has 0 heterocycles. The van der Waals surface area contributed by atoms with Crippen molar-refractivity contribution in [3.8, 4) is 5.75 Å². The highest BCUT2D eigenvalue weighted by atomic mass is 16.5. The van der Waals surface area contributed by atoms with E-state index >= 15 is 0 Å². The summed E-state index contributed by atoms with van der Waals surface area (Å²) in [5, 5.41) is 11.2. The lowest BCUT2D eigenvalue weighted by atomic mass is 10.0. The molecule has 5 nitrogen and oxygen atoms in total. The van der Waals surface area contributed by atoms with Crippen molar-refractivity contribution in [3.05, 3.63) is 29.8 Å². The van der Waals surface area contributed by atoms with Gasteiger partial charge in [-0.3, -0.25) is 9.59 Å². The van der Waals surface area contributed by atoms with Crippen LogP contribution in [0.4, 0.5) is 0 Å². The van der Waals surface area contributed by atoms with E-state index in [1.54, 1.807) is 0 Å². The molecule has 0 atom stereocenters. The van der Waals surface area contributed by atoms with Crippen LogP contribution in [0.15, 0.2) is 24.3 Å². The van der Waals surface area contributed by atoms with Crippen LogP contribution in [0.25, 0.3) is 0 Å². The SMILES string of the molecule is CC(C)c1ccc(OCCCCNC(=O)CCC(=O)O)cc1. The van der Waals surface area contributed by atoms with Gasteiger partial charge in [0.25, 0.3) is 0 Å². The topological polar surface area (TPSA) is 75.6 Å². The minimum absolute atomic E-state index is 0.0357. The van der Waals surface area contributed by atoms with E-state index in [9.17, 15) is 9.59 Å². The van der Waals surface area contributed by atoms with E-state index in [-0.39, 0.29) is 18.7 Å². The lowest BCUT2D eigenvalue weighted by Crippen LogP contribution is -2.25. The van der Waals surface area contributed by atoms with E-state index < -0.39 is 5.97 Å². The van der Waals surface area contributed by atoms with Crippen LogP contribution in [0.5, 0.6) is 5.75 Å². The number of benzene rings is 1. The molecule has 0 aliphatic carbocycles. The van der Waals surface area contributed by atoms with E-state index in [1.165, 1.54) is 5.56 Å². The Morgan fingerprint density at radius 2 is 1.82 bits per heavy atom. The van der Waals surface area contributed by atoms with E-state index in [2.05, 4.69) is 31.3 Å². The van der Waals surface area contributed by atoms with Gasteiger partial charge in [0.15, 0.2) is 0 Å². The molecular weight excluding hydrogens is 282 g/mol. The van der Waals surface area contributed by atoms with Gasteiger partial charge in [0, 0.05) is 13.0 Å². The normalized spacial score (nSPS) is 10.5. The number of carboxylic acid groups (broad SMARTS) is 1. The monoisotopic (exact) mass is 307 g/mol. The standard InChI is InChI=1S/C17H25NO4/c1-13(2)14-5-7-15(8-6-14)22-12-4-3-11-18-16(19)9-10-17(20)21/h5-8,13H,3-4,9-12H2,1-2H3,(H,18,19)(H,20,21). The summed E-state index contributed by atoms with van der Waals surface area (Å²) in [6.45, 7) is 5.46. The molecule has 122 valence electrons. The number of aliphatic carboxylic acids is 1. The van der Waals surface area contributed by atoms with Crippen molar-refractivity contribution in [2.45, 2.75) is 45.4 Å². The minimum Gasteiger partial charge on any atom is -0.494 e. The Morgan fingerprint density at radius 3 is 2.41 bits per heavy atom. The Bertz CT molecular complexity index is 468. The molecule has 0 fully saturated rings. The number of rotatable bonds is 10. The Labute approximate surface area is 131 Å². The maximum absolute atomic E-state index is 11.3. The van der Waals surface area contributed by atoms with E-state index in [0.717, 1.165) is 18.6 Å². The predicted octanol–water partition coefficient (Wildman–Crippen LogP) is 2.95. The van der Waals surface area contributed by atoms with Gasteiger partial charge in [-0.15, -0.1) is 0 Å². The second-order valence-corrected chi connectivity index (χ2v) is 5.52. The summed E-state index contributed by atoms with van der Waals surface area (Å²) < 4.78 is 5.64. The third kappa shape index (κ3) is 7.67. The van der Waals surface area contributed by atoms with E-state index in [1.807, 2.05) is 12.1 Å². The van der Waals surface area contributed by atoms with Gasteiger partial charge < -0.3 is 15.2 Å². The number of carbonyl (C=O) groups is 2. The van der Waals surface area contributed by atoms with Gasteiger partial charge in [0.1, 0.15) is 5.75 Å². The number of nitrogens with one attached hydrogen (secondary N) is 1. The maximum atomic E-state index is 11.3. The molecule has 0 saturated heterocycles. The Hall–Kier alpha value is -2.04. The van der Waals surface area contributed by atoms with Crippen molar-refractivity contribution in [1.29, 1.82) is 0 Å². The van der Waals surface area contributed by atoms with Gasteiger partial charge in [-0.1, -0.05) is 26.0 Å². The van der Waals surface area contributed by atoms with Crippen molar-refractivity contribution in [1.82, 2.24) is 5.32 Å². The van der Waals surface area contributed by atoms with Crippen LogP contribution >= 0.6 is 0 Å². The van der Waals surface area contributed by atoms with Crippen molar-refractivity contribution < 1.29 is 19.4 Å². The maximum Gasteiger partial charge on any atom is 0.303 e. The molecule has 1 amide bonds. The lowest BCUT2D eigenvalue weighted by molar-refractivity contribution is -0.138. The van der Waals surface area contributed by atoms with E-state index in [4.69, 9.17) is 9.84 Å². The number of hydrogen-bond donors (Lipinski definition) is 2. The summed E-state index contributed by atoms with van der Waals surface area (Å²) >= 11 is 0. The molecule has 1 rings (SSSR count). The quantitative estimate of drug-likeness (QED) is 0.652. The summed E-state index contributed by atoms with van der Waals surface area (Å²) in [4.78, 5) is 21.6. The Balaban J connectivity index is 2.08. The fourth-order valence-corrected chi connectivity index (χ4v) is 1.90. The highest BCUT2D eigenvalue weighted by molar-refractivity contribution is 5.80. The molecule has 0 aromatic heterocycles. The number of carboxylic acids is 1. The number of ether oxygens (including phenoxy) is 1. The first-order valence-corrected chi connectivity index (χ1v) is 7.70. The first-order valence-electron chi connectivity index (χ1n) is 7.70. The lowest BCUT2D eigenvalue weighted by Gasteiger charge is -2.09. The largest absolute Gasteiger partial charge is 0.494 e. The molecule has 22 heavy (non-hydrogen) atoms. The van der Waals surface area contributed by atoms with E-state index in [0.29, 0.717) is 19.1 Å². The average Bonchev–Trinajstić information content (AvgIpc) is 2.49. The highest BCUT2D eigenvalue weighted by Gasteiger charge is 2.04. The molecular formula is C17H25NO4. The molecule has 2 N–H and O–H groups in total. The number of carbonyl (C=O) groups excluding carboxylic acids is 1. The average molecular weight is 307 g/mol. The summed E-state index contributed by atoms with van der Waals surface area (Å²) in [6.07, 6.45) is 1.56. The molecule has 0 saturated carbocycles. The minimum atomic E-state index is -0.952. The molecule has 1 aromatic rings. The zero-order chi connectivity index (χ0) is 16.4. The van der Waals surface area contributed by atoms with Crippen LogP contribution in [0.2, 0.25) is 0 Å². The third-order valence-electron chi connectivity index (χ3n) is 3.27. The van der Waals surface area contributed by atoms with Crippen molar-refractivity contribution in [2.24, 2.45) is 0 Å². The summed E-state index contributed by atoms with van der Waals surface area (Å²) in [5.74, 6) is 0.202. The summed E-state index contributed by atoms with van der Waals surface area (Å²) in [5.41, 5.74) is 1.29. The van der Waals surface area contributed by atoms with Crippen molar-refractivity contribution >= 4 is 11.9 Å². The molecule has 0 spiro atoms.